The summed E-state index contributed by atoms with van der Waals surface area (Å²) in [5.74, 6) is -0.219. The van der Waals surface area contributed by atoms with Crippen LogP contribution < -0.4 is 0 Å². The van der Waals surface area contributed by atoms with Crippen LogP contribution in [0.3, 0.4) is 0 Å². The molecule has 15 heavy (non-hydrogen) atoms. The van der Waals surface area contributed by atoms with Crippen LogP contribution in [0.25, 0.3) is 0 Å². The number of rotatable bonds is 3. The Kier molecular flexibility index (Phi) is 3.89. The highest BCUT2D eigenvalue weighted by atomic mass is 16.5. The fraction of sp³-hybridized carbons (Fsp3) is 0.462. The van der Waals surface area contributed by atoms with Crippen molar-refractivity contribution in [1.29, 1.82) is 0 Å². The van der Waals surface area contributed by atoms with Gasteiger partial charge in [0.25, 0.3) is 0 Å². The topological polar surface area (TPSA) is 26.3 Å². The lowest BCUT2D eigenvalue weighted by Crippen LogP contribution is -2.09. The van der Waals surface area contributed by atoms with Crippen LogP contribution in [-0.4, -0.2) is 13.1 Å². The summed E-state index contributed by atoms with van der Waals surface area (Å²) in [6.07, 6.45) is 1.72. The SMILES string of the molecule is CCc1cc(C)cc(CC)c1C(=O)OC. The number of methoxy groups -OCH3 is 1. The van der Waals surface area contributed by atoms with Crippen LogP contribution in [0.5, 0.6) is 0 Å². The van der Waals surface area contributed by atoms with Crippen LogP contribution in [0.4, 0.5) is 0 Å². The Morgan fingerprint density at radius 3 is 2.00 bits per heavy atom. The summed E-state index contributed by atoms with van der Waals surface area (Å²) < 4.78 is 4.82. The van der Waals surface area contributed by atoms with E-state index in [1.54, 1.807) is 0 Å². The Morgan fingerprint density at radius 2 is 1.67 bits per heavy atom. The summed E-state index contributed by atoms with van der Waals surface area (Å²) in [6, 6.07) is 4.12. The standard InChI is InChI=1S/C13H18O2/c1-5-10-7-9(3)8-11(6-2)12(10)13(14)15-4/h7-8H,5-6H2,1-4H3. The van der Waals surface area contributed by atoms with Crippen molar-refractivity contribution < 1.29 is 9.53 Å². The zero-order valence-corrected chi connectivity index (χ0v) is 9.89. The van der Waals surface area contributed by atoms with E-state index < -0.39 is 0 Å². The Morgan fingerprint density at radius 1 is 1.20 bits per heavy atom. The molecule has 0 aliphatic carbocycles. The predicted octanol–water partition coefficient (Wildman–Crippen LogP) is 2.91. The van der Waals surface area contributed by atoms with Gasteiger partial charge >= 0.3 is 5.97 Å². The van der Waals surface area contributed by atoms with Crippen molar-refractivity contribution in [1.82, 2.24) is 0 Å². The van der Waals surface area contributed by atoms with Gasteiger partial charge < -0.3 is 4.74 Å². The summed E-state index contributed by atoms with van der Waals surface area (Å²) in [5, 5.41) is 0. The lowest BCUT2D eigenvalue weighted by atomic mass is 9.95. The summed E-state index contributed by atoms with van der Waals surface area (Å²) in [7, 11) is 1.43. The Bertz CT molecular complexity index is 342. The van der Waals surface area contributed by atoms with Crippen molar-refractivity contribution in [2.45, 2.75) is 33.6 Å². The van der Waals surface area contributed by atoms with E-state index in [1.165, 1.54) is 12.7 Å². The lowest BCUT2D eigenvalue weighted by molar-refractivity contribution is 0.0598. The van der Waals surface area contributed by atoms with Gasteiger partial charge in [0.1, 0.15) is 0 Å². The fourth-order valence-corrected chi connectivity index (χ4v) is 1.86. The number of carbonyl (C=O) groups excluding carboxylic acids is 1. The average molecular weight is 206 g/mol. The second-order valence-corrected chi connectivity index (χ2v) is 3.66. The molecule has 0 saturated heterocycles. The number of aryl methyl sites for hydroxylation is 3. The van der Waals surface area contributed by atoms with Crippen molar-refractivity contribution >= 4 is 5.97 Å². The molecule has 82 valence electrons. The third-order valence-electron chi connectivity index (χ3n) is 2.60. The highest BCUT2D eigenvalue weighted by molar-refractivity contribution is 5.92. The van der Waals surface area contributed by atoms with Crippen LogP contribution in [0.2, 0.25) is 0 Å². The minimum atomic E-state index is -0.219. The van der Waals surface area contributed by atoms with Gasteiger partial charge in [0.2, 0.25) is 0 Å². The van der Waals surface area contributed by atoms with Crippen LogP contribution in [0.1, 0.15) is 40.9 Å². The van der Waals surface area contributed by atoms with Gasteiger partial charge in [0.15, 0.2) is 0 Å². The second kappa shape index (κ2) is 4.96. The molecule has 0 spiro atoms. The van der Waals surface area contributed by atoms with E-state index in [0.29, 0.717) is 0 Å². The Hall–Kier alpha value is -1.31. The maximum atomic E-state index is 11.7. The monoisotopic (exact) mass is 206 g/mol. The minimum absolute atomic E-state index is 0.219. The molecule has 2 nitrogen and oxygen atoms in total. The maximum absolute atomic E-state index is 11.7. The molecular weight excluding hydrogens is 188 g/mol. The van der Waals surface area contributed by atoms with Gasteiger partial charge in [-0.1, -0.05) is 31.5 Å². The molecule has 0 saturated carbocycles. The third kappa shape index (κ3) is 2.38. The normalized spacial score (nSPS) is 10.1. The summed E-state index contributed by atoms with van der Waals surface area (Å²) >= 11 is 0. The average Bonchev–Trinajstić information content (AvgIpc) is 2.26. The van der Waals surface area contributed by atoms with Gasteiger partial charge in [0, 0.05) is 0 Å². The van der Waals surface area contributed by atoms with E-state index in [4.69, 9.17) is 4.74 Å². The Labute approximate surface area is 91.3 Å². The van der Waals surface area contributed by atoms with E-state index in [2.05, 4.69) is 32.9 Å². The molecule has 0 amide bonds. The van der Waals surface area contributed by atoms with Crippen molar-refractivity contribution in [3.63, 3.8) is 0 Å². The van der Waals surface area contributed by atoms with Crippen LogP contribution >= 0.6 is 0 Å². The first-order valence-electron chi connectivity index (χ1n) is 5.34. The molecule has 0 unspecified atom stereocenters. The van der Waals surface area contributed by atoms with Crippen molar-refractivity contribution in [3.05, 3.63) is 34.4 Å². The smallest absolute Gasteiger partial charge is 0.338 e. The van der Waals surface area contributed by atoms with E-state index in [0.717, 1.165) is 29.5 Å². The van der Waals surface area contributed by atoms with E-state index in [1.807, 2.05) is 0 Å². The maximum Gasteiger partial charge on any atom is 0.338 e. The molecule has 1 aromatic carbocycles. The van der Waals surface area contributed by atoms with Gasteiger partial charge in [0.05, 0.1) is 12.7 Å². The largest absolute Gasteiger partial charge is 0.465 e. The van der Waals surface area contributed by atoms with Crippen LogP contribution in [0, 0.1) is 6.92 Å². The summed E-state index contributed by atoms with van der Waals surface area (Å²) in [5.41, 5.74) is 4.13. The number of ether oxygens (including phenoxy) is 1. The lowest BCUT2D eigenvalue weighted by Gasteiger charge is -2.12. The van der Waals surface area contributed by atoms with E-state index in [9.17, 15) is 4.79 Å². The number of hydrogen-bond acceptors (Lipinski definition) is 2. The number of esters is 1. The number of benzene rings is 1. The predicted molar refractivity (Wildman–Crippen MR) is 61.3 cm³/mol. The first-order chi connectivity index (χ1) is 7.13. The molecule has 0 aliphatic rings. The van der Waals surface area contributed by atoms with Crippen molar-refractivity contribution in [2.24, 2.45) is 0 Å². The molecule has 2 heteroatoms. The zero-order valence-electron chi connectivity index (χ0n) is 9.89. The molecule has 0 aliphatic heterocycles. The number of hydrogen-bond donors (Lipinski definition) is 0. The highest BCUT2D eigenvalue weighted by Gasteiger charge is 2.15. The fourth-order valence-electron chi connectivity index (χ4n) is 1.86. The van der Waals surface area contributed by atoms with Gasteiger partial charge in [-0.3, -0.25) is 0 Å². The molecular formula is C13H18O2. The zero-order chi connectivity index (χ0) is 11.4. The van der Waals surface area contributed by atoms with Gasteiger partial charge in [-0.05, 0) is 30.9 Å². The van der Waals surface area contributed by atoms with E-state index >= 15 is 0 Å². The minimum Gasteiger partial charge on any atom is -0.465 e. The molecule has 0 aromatic heterocycles. The van der Waals surface area contributed by atoms with Crippen LogP contribution in [0.15, 0.2) is 12.1 Å². The highest BCUT2D eigenvalue weighted by Crippen LogP contribution is 2.20. The molecule has 0 heterocycles. The summed E-state index contributed by atoms with van der Waals surface area (Å²) in [4.78, 5) is 11.7. The second-order valence-electron chi connectivity index (χ2n) is 3.66. The molecule has 0 N–H and O–H groups in total. The van der Waals surface area contributed by atoms with Gasteiger partial charge in [-0.2, -0.15) is 0 Å². The molecule has 0 fully saturated rings. The molecule has 1 aromatic rings. The molecule has 0 atom stereocenters. The van der Waals surface area contributed by atoms with Crippen LogP contribution in [-0.2, 0) is 17.6 Å². The van der Waals surface area contributed by atoms with Crippen molar-refractivity contribution in [3.8, 4) is 0 Å². The van der Waals surface area contributed by atoms with Crippen molar-refractivity contribution in [2.75, 3.05) is 7.11 Å². The molecule has 1 rings (SSSR count). The third-order valence-corrected chi connectivity index (χ3v) is 2.60. The first-order valence-corrected chi connectivity index (χ1v) is 5.34. The first kappa shape index (κ1) is 11.8. The van der Waals surface area contributed by atoms with Gasteiger partial charge in [-0.25, -0.2) is 4.79 Å². The van der Waals surface area contributed by atoms with E-state index in [-0.39, 0.29) is 5.97 Å². The number of carbonyl (C=O) groups is 1. The quantitative estimate of drug-likeness (QED) is 0.711. The summed E-state index contributed by atoms with van der Waals surface area (Å²) in [6.45, 7) is 6.17. The Balaban J connectivity index is 3.36. The van der Waals surface area contributed by atoms with Gasteiger partial charge in [-0.15, -0.1) is 0 Å². The molecule has 0 radical (unpaired) electrons. The molecule has 0 bridgehead atoms.